The van der Waals surface area contributed by atoms with Crippen LogP contribution in [-0.4, -0.2) is 11.2 Å². The zero-order valence-electron chi connectivity index (χ0n) is 20.6. The number of rotatable bonds is 5. The molecule has 168 valence electrons. The topological polar surface area (TPSA) is 20.2 Å². The van der Waals surface area contributed by atoms with E-state index in [1.54, 1.807) is 11.1 Å². The van der Waals surface area contributed by atoms with Crippen LogP contribution in [0.15, 0.2) is 35.5 Å². The first-order valence-corrected chi connectivity index (χ1v) is 12.8. The van der Waals surface area contributed by atoms with E-state index in [0.29, 0.717) is 17.3 Å². The molecule has 0 amide bonds. The van der Waals surface area contributed by atoms with E-state index in [1.165, 1.54) is 44.1 Å². The predicted molar refractivity (Wildman–Crippen MR) is 128 cm³/mol. The van der Waals surface area contributed by atoms with Crippen molar-refractivity contribution in [2.45, 2.75) is 105 Å². The van der Waals surface area contributed by atoms with Gasteiger partial charge in [0.1, 0.15) is 0 Å². The van der Waals surface area contributed by atoms with Gasteiger partial charge in [-0.15, -0.1) is 0 Å². The molecular weight excluding hydrogens is 364 g/mol. The molecule has 1 nitrogen and oxygen atoms in total. The molecule has 0 aromatic heterocycles. The minimum Gasteiger partial charge on any atom is -0.393 e. The second kappa shape index (κ2) is 7.65. The maximum atomic E-state index is 10.7. The standard InChI is InChI=1S/C29H46O/c1-19(2)20(3)9-8-10-21-11-13-23-22-12-14-25-27(4,5)26(30)16-18-29(25,7)24(22)15-17-28(21,23)6/h12,15,19,21,23,25-26,30H,3,8-11,13-14,16-18H2,1-2,4-7H3. The first-order valence-electron chi connectivity index (χ1n) is 12.8. The maximum Gasteiger partial charge on any atom is 0.0594 e. The summed E-state index contributed by atoms with van der Waals surface area (Å²) in [5.41, 5.74) is 5.52. The Balaban J connectivity index is 1.54. The van der Waals surface area contributed by atoms with Crippen LogP contribution < -0.4 is 0 Å². The molecule has 0 bridgehead atoms. The van der Waals surface area contributed by atoms with Gasteiger partial charge in [0.25, 0.3) is 0 Å². The smallest absolute Gasteiger partial charge is 0.0594 e. The van der Waals surface area contributed by atoms with Gasteiger partial charge in [-0.1, -0.05) is 65.8 Å². The summed E-state index contributed by atoms with van der Waals surface area (Å²) in [6.07, 6.45) is 16.3. The highest BCUT2D eigenvalue weighted by Crippen LogP contribution is 2.66. The molecule has 2 saturated carbocycles. The van der Waals surface area contributed by atoms with Gasteiger partial charge >= 0.3 is 0 Å². The van der Waals surface area contributed by atoms with Crippen LogP contribution in [0.3, 0.4) is 0 Å². The van der Waals surface area contributed by atoms with Crippen molar-refractivity contribution < 1.29 is 5.11 Å². The SMILES string of the molecule is C=C(CCCC1CCC2C3=CCC4C(C)(CCC(O)C4(C)C)C3=CCC12C)C(C)C. The van der Waals surface area contributed by atoms with Gasteiger partial charge in [0.2, 0.25) is 0 Å². The molecule has 0 radical (unpaired) electrons. The van der Waals surface area contributed by atoms with Gasteiger partial charge in [-0.2, -0.15) is 0 Å². The Morgan fingerprint density at radius 2 is 1.87 bits per heavy atom. The van der Waals surface area contributed by atoms with Crippen LogP contribution in [0.4, 0.5) is 0 Å². The Labute approximate surface area is 186 Å². The number of aliphatic hydroxyl groups is 1. The Morgan fingerprint density at radius 1 is 1.13 bits per heavy atom. The lowest BCUT2D eigenvalue weighted by molar-refractivity contribution is -0.0833. The minimum atomic E-state index is -0.156. The second-order valence-corrected chi connectivity index (χ2v) is 12.6. The van der Waals surface area contributed by atoms with E-state index >= 15 is 0 Å². The second-order valence-electron chi connectivity index (χ2n) is 12.6. The van der Waals surface area contributed by atoms with Gasteiger partial charge in [-0.3, -0.25) is 0 Å². The normalized spacial score (nSPS) is 42.1. The highest BCUT2D eigenvalue weighted by atomic mass is 16.3. The summed E-state index contributed by atoms with van der Waals surface area (Å²) in [5.74, 6) is 2.80. The third kappa shape index (κ3) is 3.30. The first kappa shape index (κ1) is 22.4. The van der Waals surface area contributed by atoms with Crippen LogP contribution >= 0.6 is 0 Å². The third-order valence-electron chi connectivity index (χ3n) is 10.5. The quantitative estimate of drug-likeness (QED) is 0.457. The van der Waals surface area contributed by atoms with Crippen molar-refractivity contribution in [3.8, 4) is 0 Å². The summed E-state index contributed by atoms with van der Waals surface area (Å²) in [5, 5.41) is 10.7. The van der Waals surface area contributed by atoms with E-state index in [4.69, 9.17) is 0 Å². The molecule has 0 spiro atoms. The predicted octanol–water partition coefficient (Wildman–Crippen LogP) is 7.87. The monoisotopic (exact) mass is 410 g/mol. The zero-order valence-corrected chi connectivity index (χ0v) is 20.6. The fourth-order valence-electron chi connectivity index (χ4n) is 8.08. The van der Waals surface area contributed by atoms with Crippen LogP contribution in [-0.2, 0) is 0 Å². The van der Waals surface area contributed by atoms with Crippen molar-refractivity contribution >= 4 is 0 Å². The highest BCUT2D eigenvalue weighted by molar-refractivity contribution is 5.47. The molecule has 4 rings (SSSR count). The van der Waals surface area contributed by atoms with Crippen LogP contribution in [0.2, 0.25) is 0 Å². The van der Waals surface area contributed by atoms with Gasteiger partial charge < -0.3 is 5.11 Å². The number of hydrogen-bond acceptors (Lipinski definition) is 1. The minimum absolute atomic E-state index is 0.00758. The summed E-state index contributed by atoms with van der Waals surface area (Å²) < 4.78 is 0. The Morgan fingerprint density at radius 3 is 2.57 bits per heavy atom. The number of aliphatic hydroxyl groups excluding tert-OH is 1. The summed E-state index contributed by atoms with van der Waals surface area (Å²) >= 11 is 0. The highest BCUT2D eigenvalue weighted by Gasteiger charge is 2.58. The van der Waals surface area contributed by atoms with Gasteiger partial charge in [0.05, 0.1) is 6.10 Å². The third-order valence-corrected chi connectivity index (χ3v) is 10.5. The van der Waals surface area contributed by atoms with Crippen LogP contribution in [0.5, 0.6) is 0 Å². The molecule has 2 fully saturated rings. The fraction of sp³-hybridized carbons (Fsp3) is 0.793. The molecule has 1 N–H and O–H groups in total. The van der Waals surface area contributed by atoms with Crippen molar-refractivity contribution in [3.63, 3.8) is 0 Å². The Hall–Kier alpha value is -0.820. The molecule has 4 aliphatic carbocycles. The van der Waals surface area contributed by atoms with Crippen molar-refractivity contribution in [1.82, 2.24) is 0 Å². The number of fused-ring (bicyclic) bond motifs is 5. The number of allylic oxidation sites excluding steroid dienone is 5. The van der Waals surface area contributed by atoms with Gasteiger partial charge in [0.15, 0.2) is 0 Å². The summed E-state index contributed by atoms with van der Waals surface area (Å²) in [6.45, 7) is 18.6. The summed E-state index contributed by atoms with van der Waals surface area (Å²) in [7, 11) is 0. The summed E-state index contributed by atoms with van der Waals surface area (Å²) in [6, 6.07) is 0. The summed E-state index contributed by atoms with van der Waals surface area (Å²) in [4.78, 5) is 0. The van der Waals surface area contributed by atoms with Crippen molar-refractivity contribution in [2.75, 3.05) is 0 Å². The molecular formula is C29H46O. The molecule has 0 heterocycles. The lowest BCUT2D eigenvalue weighted by Crippen LogP contribution is -2.53. The Bertz CT molecular complexity index is 752. The lowest BCUT2D eigenvalue weighted by atomic mass is 9.47. The number of hydrogen-bond donors (Lipinski definition) is 1. The van der Waals surface area contributed by atoms with E-state index < -0.39 is 0 Å². The Kier molecular flexibility index (Phi) is 5.70. The van der Waals surface area contributed by atoms with Crippen molar-refractivity contribution in [3.05, 3.63) is 35.5 Å². The van der Waals surface area contributed by atoms with E-state index in [-0.39, 0.29) is 16.9 Å². The largest absolute Gasteiger partial charge is 0.393 e. The molecule has 0 aromatic rings. The average molecular weight is 411 g/mol. The first-order chi connectivity index (χ1) is 14.0. The molecule has 6 unspecified atom stereocenters. The molecule has 0 saturated heterocycles. The van der Waals surface area contributed by atoms with Crippen molar-refractivity contribution in [2.24, 2.45) is 39.9 Å². The maximum absolute atomic E-state index is 10.7. The van der Waals surface area contributed by atoms with Gasteiger partial charge in [-0.05, 0) is 109 Å². The zero-order chi connectivity index (χ0) is 21.9. The molecule has 0 aromatic carbocycles. The molecule has 0 aliphatic heterocycles. The lowest BCUT2D eigenvalue weighted by Gasteiger charge is -2.58. The van der Waals surface area contributed by atoms with Crippen LogP contribution in [0, 0.1) is 39.9 Å². The molecule has 6 atom stereocenters. The van der Waals surface area contributed by atoms with E-state index in [9.17, 15) is 5.11 Å². The van der Waals surface area contributed by atoms with Crippen molar-refractivity contribution in [1.29, 1.82) is 0 Å². The van der Waals surface area contributed by atoms with E-state index in [0.717, 1.165) is 31.1 Å². The van der Waals surface area contributed by atoms with Crippen LogP contribution in [0.25, 0.3) is 0 Å². The van der Waals surface area contributed by atoms with Gasteiger partial charge in [0, 0.05) is 0 Å². The van der Waals surface area contributed by atoms with E-state index in [1.807, 2.05) is 0 Å². The van der Waals surface area contributed by atoms with E-state index in [2.05, 4.69) is 60.3 Å². The fourth-order valence-corrected chi connectivity index (χ4v) is 8.08. The molecule has 1 heteroatoms. The van der Waals surface area contributed by atoms with Crippen LogP contribution in [0.1, 0.15) is 99.3 Å². The molecule has 30 heavy (non-hydrogen) atoms. The van der Waals surface area contributed by atoms with Gasteiger partial charge in [-0.25, -0.2) is 0 Å². The average Bonchev–Trinajstić information content (AvgIpc) is 3.01. The molecule has 4 aliphatic rings.